The maximum absolute atomic E-state index is 13.9. The maximum Gasteiger partial charge on any atom is 0.326 e. The van der Waals surface area contributed by atoms with E-state index in [1.807, 2.05) is 11.1 Å². The summed E-state index contributed by atoms with van der Waals surface area (Å²) in [4.78, 5) is 27.1. The van der Waals surface area contributed by atoms with Gasteiger partial charge in [-0.1, -0.05) is 36.8 Å². The average Bonchev–Trinajstić information content (AvgIpc) is 3.08. The summed E-state index contributed by atoms with van der Waals surface area (Å²) in [5.74, 6) is 2.54. The van der Waals surface area contributed by atoms with Crippen molar-refractivity contribution in [2.24, 2.45) is 10.9 Å². The Morgan fingerprint density at radius 1 is 1.12 bits per heavy atom. The summed E-state index contributed by atoms with van der Waals surface area (Å²) in [6.07, 6.45) is 9.96. The monoisotopic (exact) mass is 464 g/mol. The first-order valence-corrected chi connectivity index (χ1v) is 12.8. The molecule has 184 valence electrons. The second kappa shape index (κ2) is 8.91. The van der Waals surface area contributed by atoms with Gasteiger partial charge in [-0.15, -0.1) is 0 Å². The number of carbonyl (C=O) groups excluding carboxylic acids is 1. The molecule has 2 saturated carbocycles. The second-order valence-electron chi connectivity index (χ2n) is 11.0. The zero-order valence-electron chi connectivity index (χ0n) is 21.3. The van der Waals surface area contributed by atoms with E-state index in [4.69, 9.17) is 0 Å². The fourth-order valence-electron chi connectivity index (χ4n) is 6.51. The van der Waals surface area contributed by atoms with Crippen molar-refractivity contribution in [3.63, 3.8) is 0 Å². The molecule has 0 unspecified atom stereocenters. The lowest BCUT2D eigenvalue weighted by molar-refractivity contribution is 0.0160. The van der Waals surface area contributed by atoms with Gasteiger partial charge in [0.2, 0.25) is 0 Å². The largest absolute Gasteiger partial charge is 0.352 e. The molecule has 0 atom stereocenters. The van der Waals surface area contributed by atoms with Gasteiger partial charge in [-0.3, -0.25) is 14.8 Å². The van der Waals surface area contributed by atoms with E-state index in [-0.39, 0.29) is 17.1 Å². The molecule has 0 radical (unpaired) electrons. The Morgan fingerprint density at radius 2 is 1.82 bits per heavy atom. The molecule has 0 aromatic heterocycles. The summed E-state index contributed by atoms with van der Waals surface area (Å²) in [6, 6.07) is 11.1. The first-order valence-electron chi connectivity index (χ1n) is 12.8. The van der Waals surface area contributed by atoms with Crippen LogP contribution in [0, 0.1) is 5.92 Å². The lowest BCUT2D eigenvalue weighted by Crippen LogP contribution is -2.56. The second-order valence-corrected chi connectivity index (χ2v) is 11.0. The van der Waals surface area contributed by atoms with Crippen molar-refractivity contribution < 1.29 is 4.79 Å². The smallest absolute Gasteiger partial charge is 0.326 e. The van der Waals surface area contributed by atoms with Crippen LogP contribution in [0.5, 0.6) is 0 Å². The van der Waals surface area contributed by atoms with Crippen LogP contribution in [0.3, 0.4) is 0 Å². The molecule has 1 N–H and O–H groups in total. The van der Waals surface area contributed by atoms with Gasteiger partial charge in [0.15, 0.2) is 0 Å². The molecule has 5 rings (SSSR count). The molecule has 2 aliphatic carbocycles. The summed E-state index contributed by atoms with van der Waals surface area (Å²) >= 11 is 0. The molecule has 0 bridgehead atoms. The van der Waals surface area contributed by atoms with E-state index in [2.05, 4.69) is 76.5 Å². The maximum atomic E-state index is 13.9. The van der Waals surface area contributed by atoms with Crippen LogP contribution in [-0.2, 0) is 5.54 Å². The first-order chi connectivity index (χ1) is 16.4. The standard InChI is InChI=1S/C27H40N6O/c1-28-23-19-31(4)24(17-29-23)32-20-26(33(25(32)34)18-21-9-8-10-21)13-15-27(16-14-26,30(2)3)22-11-6-5-7-12-22/h5-7,11-12,17,21H,8-10,13-16,18-20H2,1-4H3,(H,28,29). The number of nitrogens with zero attached hydrogens (tertiary/aromatic N) is 5. The molecule has 4 aliphatic rings. The van der Waals surface area contributed by atoms with Crippen LogP contribution in [0.4, 0.5) is 4.79 Å². The number of likely N-dealkylation sites (N-methyl/N-ethyl adjacent to an activating group) is 1. The molecule has 1 spiro atoms. The number of rotatable bonds is 5. The lowest BCUT2D eigenvalue weighted by Gasteiger charge is -2.51. The van der Waals surface area contributed by atoms with Gasteiger partial charge in [-0.05, 0) is 64.1 Å². The highest BCUT2D eigenvalue weighted by atomic mass is 16.2. The van der Waals surface area contributed by atoms with E-state index in [1.165, 1.54) is 24.8 Å². The molecule has 2 heterocycles. The lowest BCUT2D eigenvalue weighted by atomic mass is 9.68. The van der Waals surface area contributed by atoms with Crippen molar-refractivity contribution in [3.8, 4) is 0 Å². The molecule has 34 heavy (non-hydrogen) atoms. The van der Waals surface area contributed by atoms with Crippen LogP contribution in [0.2, 0.25) is 0 Å². The van der Waals surface area contributed by atoms with Crippen molar-refractivity contribution in [1.82, 2.24) is 24.9 Å². The van der Waals surface area contributed by atoms with E-state index in [0.717, 1.165) is 50.4 Å². The van der Waals surface area contributed by atoms with Crippen LogP contribution in [-0.4, -0.2) is 84.8 Å². The van der Waals surface area contributed by atoms with Gasteiger partial charge in [0.05, 0.1) is 18.6 Å². The number of hydrogen-bond donors (Lipinski definition) is 1. The van der Waals surface area contributed by atoms with Gasteiger partial charge in [0.1, 0.15) is 11.7 Å². The van der Waals surface area contributed by atoms with E-state index in [1.54, 1.807) is 7.05 Å². The summed E-state index contributed by atoms with van der Waals surface area (Å²) in [5, 5.41) is 3.29. The highest BCUT2D eigenvalue weighted by Crippen LogP contribution is 2.50. The van der Waals surface area contributed by atoms with Gasteiger partial charge < -0.3 is 15.1 Å². The Morgan fingerprint density at radius 3 is 2.38 bits per heavy atom. The minimum atomic E-state index is -0.0955. The minimum Gasteiger partial charge on any atom is -0.352 e. The van der Waals surface area contributed by atoms with Crippen LogP contribution < -0.4 is 5.32 Å². The summed E-state index contributed by atoms with van der Waals surface area (Å²) in [7, 11) is 8.28. The number of hydrogen-bond acceptors (Lipinski definition) is 4. The van der Waals surface area contributed by atoms with Crippen molar-refractivity contribution in [3.05, 3.63) is 47.9 Å². The van der Waals surface area contributed by atoms with Gasteiger partial charge in [-0.2, -0.15) is 0 Å². The molecule has 3 fully saturated rings. The fraction of sp³-hybridized carbons (Fsp3) is 0.630. The predicted molar refractivity (Wildman–Crippen MR) is 136 cm³/mol. The first kappa shape index (κ1) is 23.2. The van der Waals surface area contributed by atoms with E-state index < -0.39 is 0 Å². The van der Waals surface area contributed by atoms with Gasteiger partial charge in [0.25, 0.3) is 0 Å². The Hall–Kier alpha value is -2.54. The van der Waals surface area contributed by atoms with E-state index in [9.17, 15) is 4.79 Å². The quantitative estimate of drug-likeness (QED) is 0.723. The van der Waals surface area contributed by atoms with E-state index in [0.29, 0.717) is 12.5 Å². The van der Waals surface area contributed by atoms with Gasteiger partial charge in [0, 0.05) is 32.4 Å². The summed E-state index contributed by atoms with van der Waals surface area (Å²) < 4.78 is 0. The Bertz CT molecular complexity index is 959. The molecule has 1 saturated heterocycles. The molecule has 7 heteroatoms. The number of amidine groups is 1. The third kappa shape index (κ3) is 3.78. The van der Waals surface area contributed by atoms with Gasteiger partial charge >= 0.3 is 6.03 Å². The van der Waals surface area contributed by atoms with Gasteiger partial charge in [-0.25, -0.2) is 4.79 Å². The molecule has 2 aliphatic heterocycles. The normalized spacial score (nSPS) is 31.3. The molecule has 1 aromatic carbocycles. The number of aliphatic imine (C=N–C) groups is 1. The van der Waals surface area contributed by atoms with Crippen molar-refractivity contribution in [1.29, 1.82) is 0 Å². The van der Waals surface area contributed by atoms with Crippen LogP contribution in [0.15, 0.2) is 47.3 Å². The molecule has 7 nitrogen and oxygen atoms in total. The predicted octanol–water partition coefficient (Wildman–Crippen LogP) is 3.66. The molecular formula is C27H40N6O. The fourth-order valence-corrected chi connectivity index (χ4v) is 6.51. The molecule has 2 amide bonds. The Kier molecular flexibility index (Phi) is 6.09. The molecule has 1 aromatic rings. The van der Waals surface area contributed by atoms with Crippen molar-refractivity contribution >= 4 is 11.9 Å². The van der Waals surface area contributed by atoms with Crippen LogP contribution >= 0.6 is 0 Å². The van der Waals surface area contributed by atoms with Crippen molar-refractivity contribution in [2.75, 3.05) is 47.8 Å². The average molecular weight is 465 g/mol. The van der Waals surface area contributed by atoms with Crippen LogP contribution in [0.25, 0.3) is 0 Å². The number of nitrogens with one attached hydrogen (secondary N) is 1. The van der Waals surface area contributed by atoms with Crippen LogP contribution in [0.1, 0.15) is 50.5 Å². The topological polar surface area (TPSA) is 54.4 Å². The highest BCUT2D eigenvalue weighted by molar-refractivity contribution is 5.87. The number of amides is 2. The number of benzene rings is 1. The minimum absolute atomic E-state index is 0.0278. The zero-order valence-corrected chi connectivity index (χ0v) is 21.3. The SMILES string of the molecule is CN=C1CN(C)C(N2CC3(CCC(c4ccccc4)(N(C)C)CC3)N(CC3CCC3)C2=O)=CN1. The number of carbonyl (C=O) groups is 1. The zero-order chi connectivity index (χ0) is 23.9. The third-order valence-electron chi connectivity index (χ3n) is 9.02. The van der Waals surface area contributed by atoms with E-state index >= 15 is 0 Å². The van der Waals surface area contributed by atoms with Crippen molar-refractivity contribution in [2.45, 2.75) is 56.0 Å². The number of urea groups is 1. The summed E-state index contributed by atoms with van der Waals surface area (Å²) in [5.41, 5.74) is 1.33. The Balaban J connectivity index is 1.43. The Labute approximate surface area is 204 Å². The third-order valence-corrected chi connectivity index (χ3v) is 9.02. The highest BCUT2D eigenvalue weighted by Gasteiger charge is 2.56. The molecular weight excluding hydrogens is 424 g/mol. The summed E-state index contributed by atoms with van der Waals surface area (Å²) in [6.45, 7) is 2.37.